The summed E-state index contributed by atoms with van der Waals surface area (Å²) < 4.78 is 11.8. The fourth-order valence-corrected chi connectivity index (χ4v) is 6.68. The molecular formula is C23H25N7O2S. The Kier molecular flexibility index (Phi) is 4.61. The molecule has 7 rings (SSSR count). The van der Waals surface area contributed by atoms with Crippen molar-refractivity contribution in [3.8, 4) is 0 Å². The maximum atomic E-state index is 6.21. The third kappa shape index (κ3) is 3.40. The standard InChI is InChI=1S/C23H25N7O2S/c1-12-10-31-5-4-30(12)23-19(32-23)13-2-3-16-17(7-13)33-22-18(16)21(25-11-26-22)28-15-6-14-8-27-29-20(14)24-9-15/h6,8-9,11-13,19,23H,2-5,7,10H2,1H3,(H,24,27,29)(H,25,26,28). The number of hydrogen-bond donors (Lipinski definition) is 2. The number of pyridine rings is 1. The topological polar surface area (TPSA) is 104 Å². The summed E-state index contributed by atoms with van der Waals surface area (Å²) in [7, 11) is 0. The van der Waals surface area contributed by atoms with Gasteiger partial charge in [-0.2, -0.15) is 5.10 Å². The van der Waals surface area contributed by atoms with Gasteiger partial charge in [0.2, 0.25) is 0 Å². The smallest absolute Gasteiger partial charge is 0.155 e. The summed E-state index contributed by atoms with van der Waals surface area (Å²) in [6, 6.07) is 2.46. The van der Waals surface area contributed by atoms with Gasteiger partial charge in [-0.25, -0.2) is 15.0 Å². The van der Waals surface area contributed by atoms with Crippen molar-refractivity contribution in [1.29, 1.82) is 0 Å². The monoisotopic (exact) mass is 463 g/mol. The molecule has 9 nitrogen and oxygen atoms in total. The van der Waals surface area contributed by atoms with Crippen LogP contribution in [0.4, 0.5) is 11.5 Å². The number of aromatic nitrogens is 5. The Balaban J connectivity index is 1.14. The highest BCUT2D eigenvalue weighted by molar-refractivity contribution is 7.19. The van der Waals surface area contributed by atoms with Gasteiger partial charge in [-0.3, -0.25) is 10.00 Å². The minimum absolute atomic E-state index is 0.257. The molecule has 4 aromatic rings. The molecule has 0 bridgehead atoms. The van der Waals surface area contributed by atoms with E-state index in [0.717, 1.165) is 71.8 Å². The molecule has 4 atom stereocenters. The lowest BCUT2D eigenvalue weighted by Gasteiger charge is -2.32. The van der Waals surface area contributed by atoms with E-state index in [9.17, 15) is 0 Å². The zero-order valence-corrected chi connectivity index (χ0v) is 19.1. The van der Waals surface area contributed by atoms with Crippen molar-refractivity contribution in [2.45, 2.75) is 44.6 Å². The van der Waals surface area contributed by atoms with Crippen molar-refractivity contribution in [2.24, 2.45) is 5.92 Å². The van der Waals surface area contributed by atoms with E-state index in [-0.39, 0.29) is 6.23 Å². The molecule has 0 radical (unpaired) electrons. The molecule has 0 saturated carbocycles. The fourth-order valence-electron chi connectivity index (χ4n) is 5.40. The van der Waals surface area contributed by atoms with Crippen LogP contribution in [0.2, 0.25) is 0 Å². The van der Waals surface area contributed by atoms with E-state index >= 15 is 0 Å². The fraction of sp³-hybridized carbons (Fsp3) is 0.478. The van der Waals surface area contributed by atoms with Crippen LogP contribution in [0.15, 0.2) is 24.8 Å². The number of thiophene rings is 1. The maximum absolute atomic E-state index is 6.21. The van der Waals surface area contributed by atoms with E-state index in [4.69, 9.17) is 9.47 Å². The van der Waals surface area contributed by atoms with Gasteiger partial charge in [0.1, 0.15) is 29.3 Å². The first-order valence-electron chi connectivity index (χ1n) is 11.5. The summed E-state index contributed by atoms with van der Waals surface area (Å²) >= 11 is 1.80. The molecule has 0 spiro atoms. The lowest BCUT2D eigenvalue weighted by molar-refractivity contribution is -0.0217. The number of ether oxygens (including phenoxy) is 2. The second kappa shape index (κ2) is 7.69. The number of H-pyrrole nitrogens is 1. The van der Waals surface area contributed by atoms with E-state index in [1.54, 1.807) is 30.1 Å². The summed E-state index contributed by atoms with van der Waals surface area (Å²) in [5, 5.41) is 12.5. The molecule has 2 N–H and O–H groups in total. The first kappa shape index (κ1) is 19.8. The summed E-state index contributed by atoms with van der Waals surface area (Å²) in [6.07, 6.45) is 9.04. The number of rotatable bonds is 4. The highest BCUT2D eigenvalue weighted by Gasteiger charge is 2.50. The zero-order chi connectivity index (χ0) is 21.9. The van der Waals surface area contributed by atoms with Crippen LogP contribution in [-0.4, -0.2) is 68.2 Å². The zero-order valence-electron chi connectivity index (χ0n) is 18.3. The minimum atomic E-state index is 0.257. The van der Waals surface area contributed by atoms with E-state index in [1.807, 2.05) is 6.07 Å². The third-order valence-corrected chi connectivity index (χ3v) is 8.31. The van der Waals surface area contributed by atoms with Crippen LogP contribution in [0.5, 0.6) is 0 Å². The van der Waals surface area contributed by atoms with Gasteiger partial charge in [0.05, 0.1) is 36.7 Å². The van der Waals surface area contributed by atoms with Crippen LogP contribution in [0.25, 0.3) is 21.3 Å². The number of epoxide rings is 1. The molecule has 4 unspecified atom stereocenters. The molecule has 3 aliphatic rings. The largest absolute Gasteiger partial charge is 0.379 e. The molecule has 6 heterocycles. The maximum Gasteiger partial charge on any atom is 0.155 e. The molecule has 0 amide bonds. The SMILES string of the molecule is CC1COCCN1C1OC1C1CCc2c(sc3ncnc(Nc4cnc5[nH]ncc5c4)c23)C1. The number of aryl methyl sites for hydroxylation is 1. The average Bonchev–Trinajstić information content (AvgIpc) is 3.31. The Labute approximate surface area is 194 Å². The van der Waals surface area contributed by atoms with Crippen molar-refractivity contribution < 1.29 is 9.47 Å². The molecule has 1 aliphatic carbocycles. The molecular weight excluding hydrogens is 438 g/mol. The lowest BCUT2D eigenvalue weighted by Crippen LogP contribution is -2.46. The second-order valence-electron chi connectivity index (χ2n) is 9.22. The molecule has 4 aromatic heterocycles. The van der Waals surface area contributed by atoms with E-state index in [0.29, 0.717) is 18.1 Å². The van der Waals surface area contributed by atoms with Gasteiger partial charge in [0.15, 0.2) is 5.65 Å². The van der Waals surface area contributed by atoms with Gasteiger partial charge >= 0.3 is 0 Å². The predicted octanol–water partition coefficient (Wildman–Crippen LogP) is 3.26. The molecule has 170 valence electrons. The van der Waals surface area contributed by atoms with Crippen molar-refractivity contribution >= 4 is 44.1 Å². The third-order valence-electron chi connectivity index (χ3n) is 7.15. The Morgan fingerprint density at radius 3 is 3.15 bits per heavy atom. The quantitative estimate of drug-likeness (QED) is 0.445. The van der Waals surface area contributed by atoms with Crippen molar-refractivity contribution in [3.63, 3.8) is 0 Å². The van der Waals surface area contributed by atoms with E-state index < -0.39 is 0 Å². The van der Waals surface area contributed by atoms with Crippen LogP contribution < -0.4 is 5.32 Å². The van der Waals surface area contributed by atoms with Crippen LogP contribution in [0.3, 0.4) is 0 Å². The molecule has 0 aromatic carbocycles. The van der Waals surface area contributed by atoms with Gasteiger partial charge < -0.3 is 14.8 Å². The van der Waals surface area contributed by atoms with Crippen molar-refractivity contribution in [2.75, 3.05) is 25.1 Å². The van der Waals surface area contributed by atoms with Crippen molar-refractivity contribution in [3.05, 3.63) is 35.2 Å². The second-order valence-corrected chi connectivity index (χ2v) is 10.3. The number of hydrogen-bond acceptors (Lipinski definition) is 9. The normalized spacial score (nSPS) is 27.7. The van der Waals surface area contributed by atoms with Gasteiger partial charge in [-0.1, -0.05) is 0 Å². The average molecular weight is 464 g/mol. The Morgan fingerprint density at radius 2 is 2.21 bits per heavy atom. The van der Waals surface area contributed by atoms with Crippen LogP contribution in [0.1, 0.15) is 23.8 Å². The Hall–Kier alpha value is -2.66. The van der Waals surface area contributed by atoms with E-state index in [1.165, 1.54) is 10.4 Å². The molecule has 33 heavy (non-hydrogen) atoms. The summed E-state index contributed by atoms with van der Waals surface area (Å²) in [5.74, 6) is 1.41. The molecule has 10 heteroatoms. The molecule has 2 saturated heterocycles. The van der Waals surface area contributed by atoms with Gasteiger partial charge in [-0.05, 0) is 43.7 Å². The predicted molar refractivity (Wildman–Crippen MR) is 126 cm³/mol. The van der Waals surface area contributed by atoms with Gasteiger partial charge in [-0.15, -0.1) is 11.3 Å². The van der Waals surface area contributed by atoms with E-state index in [2.05, 4.69) is 42.3 Å². The number of nitrogens with zero attached hydrogens (tertiary/aromatic N) is 5. The Morgan fingerprint density at radius 1 is 1.24 bits per heavy atom. The summed E-state index contributed by atoms with van der Waals surface area (Å²) in [6.45, 7) is 4.80. The first-order chi connectivity index (χ1) is 16.2. The van der Waals surface area contributed by atoms with Crippen LogP contribution in [-0.2, 0) is 22.3 Å². The number of fused-ring (bicyclic) bond motifs is 4. The number of aromatic amines is 1. The summed E-state index contributed by atoms with van der Waals surface area (Å²) in [4.78, 5) is 18.6. The Bertz CT molecular complexity index is 1340. The highest BCUT2D eigenvalue weighted by atomic mass is 32.1. The van der Waals surface area contributed by atoms with Crippen molar-refractivity contribution in [1.82, 2.24) is 30.0 Å². The summed E-state index contributed by atoms with van der Waals surface area (Å²) in [5.41, 5.74) is 3.06. The first-order valence-corrected chi connectivity index (χ1v) is 12.4. The number of anilines is 2. The van der Waals surface area contributed by atoms with Gasteiger partial charge in [0, 0.05) is 22.8 Å². The number of nitrogens with one attached hydrogen (secondary N) is 2. The lowest BCUT2D eigenvalue weighted by atomic mass is 9.85. The van der Waals surface area contributed by atoms with Gasteiger partial charge in [0.25, 0.3) is 0 Å². The highest BCUT2D eigenvalue weighted by Crippen LogP contribution is 2.45. The molecule has 2 fully saturated rings. The minimum Gasteiger partial charge on any atom is -0.379 e. The molecule has 2 aliphatic heterocycles. The van der Waals surface area contributed by atoms with Crippen LogP contribution in [0, 0.1) is 5.92 Å². The van der Waals surface area contributed by atoms with Crippen LogP contribution >= 0.6 is 11.3 Å². The number of morpholine rings is 1.